The monoisotopic (exact) mass is 446 g/mol. The van der Waals surface area contributed by atoms with Crippen LogP contribution in [0.4, 0.5) is 8.78 Å². The van der Waals surface area contributed by atoms with Gasteiger partial charge < -0.3 is 9.64 Å². The molecule has 4 aromatic rings. The Labute approximate surface area is 189 Å². The van der Waals surface area contributed by atoms with Crippen molar-refractivity contribution in [1.29, 1.82) is 0 Å². The van der Waals surface area contributed by atoms with Gasteiger partial charge in [-0.3, -0.25) is 9.48 Å². The molecule has 0 saturated carbocycles. The highest BCUT2D eigenvalue weighted by atomic mass is 19.1. The first-order valence-corrected chi connectivity index (χ1v) is 10.4. The standard InChI is InChI=1S/C25H20F2N4O2/c1-30-11-9-22(29-30)16-6-7-17(21(27)12-16)13-31-14-18-8-10-28-24(23(18)25(31)32)33-15-19-4-2-3-5-20(19)26/h2-12H,13-15H2,1H3. The van der Waals surface area contributed by atoms with Gasteiger partial charge in [-0.05, 0) is 29.8 Å². The maximum absolute atomic E-state index is 14.8. The van der Waals surface area contributed by atoms with Gasteiger partial charge >= 0.3 is 0 Å². The Morgan fingerprint density at radius 3 is 2.64 bits per heavy atom. The van der Waals surface area contributed by atoms with E-state index in [0.717, 1.165) is 5.56 Å². The molecule has 0 fully saturated rings. The molecule has 1 aliphatic heterocycles. The van der Waals surface area contributed by atoms with Gasteiger partial charge in [0.05, 0.1) is 5.69 Å². The number of amides is 1. The first-order chi connectivity index (χ1) is 16.0. The van der Waals surface area contributed by atoms with Crippen LogP contribution in [0.1, 0.15) is 27.0 Å². The minimum absolute atomic E-state index is 0.0486. The van der Waals surface area contributed by atoms with Crippen molar-refractivity contribution in [3.8, 4) is 17.1 Å². The molecule has 0 saturated heterocycles. The maximum atomic E-state index is 14.8. The van der Waals surface area contributed by atoms with Gasteiger partial charge in [0.1, 0.15) is 23.8 Å². The van der Waals surface area contributed by atoms with Crippen LogP contribution in [0.2, 0.25) is 0 Å². The number of rotatable bonds is 6. The number of ether oxygens (including phenoxy) is 1. The Morgan fingerprint density at radius 2 is 1.88 bits per heavy atom. The average Bonchev–Trinajstić information content (AvgIpc) is 3.38. The fourth-order valence-electron chi connectivity index (χ4n) is 3.88. The summed E-state index contributed by atoms with van der Waals surface area (Å²) >= 11 is 0. The summed E-state index contributed by atoms with van der Waals surface area (Å²) in [5.74, 6) is -0.942. The third-order valence-electron chi connectivity index (χ3n) is 5.61. The molecule has 3 heterocycles. The Balaban J connectivity index is 1.33. The van der Waals surface area contributed by atoms with Crippen molar-refractivity contribution in [2.45, 2.75) is 19.7 Å². The maximum Gasteiger partial charge on any atom is 0.260 e. The Hall–Kier alpha value is -4.07. The summed E-state index contributed by atoms with van der Waals surface area (Å²) in [6.07, 6.45) is 3.34. The number of aryl methyl sites for hydroxylation is 1. The molecule has 0 radical (unpaired) electrons. The predicted molar refractivity (Wildman–Crippen MR) is 117 cm³/mol. The number of halogens is 2. The zero-order valence-corrected chi connectivity index (χ0v) is 17.8. The largest absolute Gasteiger partial charge is 0.472 e. The second-order valence-corrected chi connectivity index (χ2v) is 7.87. The van der Waals surface area contributed by atoms with E-state index in [0.29, 0.717) is 34.5 Å². The zero-order chi connectivity index (χ0) is 22.9. The third-order valence-corrected chi connectivity index (χ3v) is 5.61. The lowest BCUT2D eigenvalue weighted by Gasteiger charge is -2.16. The van der Waals surface area contributed by atoms with E-state index in [1.807, 2.05) is 6.07 Å². The number of hydrogen-bond acceptors (Lipinski definition) is 4. The summed E-state index contributed by atoms with van der Waals surface area (Å²) in [5.41, 5.74) is 3.19. The number of fused-ring (bicyclic) bond motifs is 1. The van der Waals surface area contributed by atoms with Crippen LogP contribution in [0.5, 0.6) is 5.88 Å². The van der Waals surface area contributed by atoms with Gasteiger partial charge in [-0.15, -0.1) is 0 Å². The number of carbonyl (C=O) groups excluding carboxylic acids is 1. The highest BCUT2D eigenvalue weighted by Crippen LogP contribution is 2.31. The molecule has 0 unspecified atom stereocenters. The number of benzene rings is 2. The van der Waals surface area contributed by atoms with Gasteiger partial charge in [-0.2, -0.15) is 5.10 Å². The van der Waals surface area contributed by atoms with Gasteiger partial charge in [0.15, 0.2) is 0 Å². The quantitative estimate of drug-likeness (QED) is 0.438. The smallest absolute Gasteiger partial charge is 0.260 e. The molecule has 0 aliphatic carbocycles. The molecule has 2 aromatic carbocycles. The van der Waals surface area contributed by atoms with Gasteiger partial charge in [0.2, 0.25) is 5.88 Å². The molecule has 1 amide bonds. The molecular weight excluding hydrogens is 426 g/mol. The molecule has 0 N–H and O–H groups in total. The molecule has 8 heteroatoms. The van der Waals surface area contributed by atoms with Crippen LogP contribution in [-0.2, 0) is 26.7 Å². The third kappa shape index (κ3) is 4.07. The van der Waals surface area contributed by atoms with Crippen LogP contribution >= 0.6 is 0 Å². The van der Waals surface area contributed by atoms with Crippen LogP contribution in [0.15, 0.2) is 67.0 Å². The molecule has 6 nitrogen and oxygen atoms in total. The lowest BCUT2D eigenvalue weighted by Crippen LogP contribution is -2.24. The number of hydrogen-bond donors (Lipinski definition) is 0. The Morgan fingerprint density at radius 1 is 1.03 bits per heavy atom. The average molecular weight is 446 g/mol. The minimum Gasteiger partial charge on any atom is -0.472 e. The van der Waals surface area contributed by atoms with Gasteiger partial charge in [0, 0.05) is 49.2 Å². The summed E-state index contributed by atoms with van der Waals surface area (Å²) in [7, 11) is 1.80. The molecule has 2 aromatic heterocycles. The second-order valence-electron chi connectivity index (χ2n) is 7.87. The molecular formula is C25H20F2N4O2. The lowest BCUT2D eigenvalue weighted by molar-refractivity contribution is 0.0761. The summed E-state index contributed by atoms with van der Waals surface area (Å²) in [4.78, 5) is 18.8. The van der Waals surface area contributed by atoms with Crippen molar-refractivity contribution in [2.75, 3.05) is 0 Å². The van der Waals surface area contributed by atoms with Crippen LogP contribution in [-0.4, -0.2) is 25.6 Å². The normalized spacial score (nSPS) is 12.8. The molecule has 1 aliphatic rings. The van der Waals surface area contributed by atoms with E-state index in [1.54, 1.807) is 65.4 Å². The van der Waals surface area contributed by atoms with Crippen LogP contribution < -0.4 is 4.74 Å². The van der Waals surface area contributed by atoms with E-state index in [2.05, 4.69) is 10.1 Å². The van der Waals surface area contributed by atoms with Crippen molar-refractivity contribution >= 4 is 5.91 Å². The summed E-state index contributed by atoms with van der Waals surface area (Å²) in [5, 5.41) is 4.29. The number of nitrogens with zero attached hydrogens (tertiary/aromatic N) is 4. The fraction of sp³-hybridized carbons (Fsp3) is 0.160. The van der Waals surface area contributed by atoms with E-state index in [4.69, 9.17) is 4.74 Å². The van der Waals surface area contributed by atoms with Crippen LogP contribution in [0.25, 0.3) is 11.3 Å². The Bertz CT molecular complexity index is 1350. The van der Waals surface area contributed by atoms with Crippen molar-refractivity contribution in [3.05, 3.63) is 101 Å². The number of aromatic nitrogens is 3. The first-order valence-electron chi connectivity index (χ1n) is 10.4. The van der Waals surface area contributed by atoms with Crippen molar-refractivity contribution in [2.24, 2.45) is 7.05 Å². The van der Waals surface area contributed by atoms with Crippen molar-refractivity contribution in [3.63, 3.8) is 0 Å². The number of carbonyl (C=O) groups is 1. The molecule has 166 valence electrons. The van der Waals surface area contributed by atoms with Crippen molar-refractivity contribution < 1.29 is 18.3 Å². The molecule has 0 spiro atoms. The molecule has 5 rings (SSSR count). The van der Waals surface area contributed by atoms with E-state index >= 15 is 0 Å². The number of pyridine rings is 1. The van der Waals surface area contributed by atoms with Crippen molar-refractivity contribution in [1.82, 2.24) is 19.7 Å². The highest BCUT2D eigenvalue weighted by molar-refractivity contribution is 6.00. The molecule has 0 atom stereocenters. The van der Waals surface area contributed by atoms with Gasteiger partial charge in [-0.25, -0.2) is 13.8 Å². The van der Waals surface area contributed by atoms with Crippen LogP contribution in [0, 0.1) is 11.6 Å². The lowest BCUT2D eigenvalue weighted by atomic mass is 10.1. The summed E-state index contributed by atoms with van der Waals surface area (Å²) in [6.45, 7) is 0.371. The van der Waals surface area contributed by atoms with Gasteiger partial charge in [-0.1, -0.05) is 30.3 Å². The highest BCUT2D eigenvalue weighted by Gasteiger charge is 2.32. The molecule has 0 bridgehead atoms. The van der Waals surface area contributed by atoms with E-state index in [1.165, 1.54) is 12.1 Å². The predicted octanol–water partition coefficient (Wildman–Crippen LogP) is 4.50. The van der Waals surface area contributed by atoms with Gasteiger partial charge in [0.25, 0.3) is 5.91 Å². The molecule has 33 heavy (non-hydrogen) atoms. The minimum atomic E-state index is -0.406. The first kappa shape index (κ1) is 20.8. The Kier molecular flexibility index (Phi) is 5.34. The summed E-state index contributed by atoms with van der Waals surface area (Å²) < 4.78 is 36.1. The van der Waals surface area contributed by atoms with Crippen LogP contribution in [0.3, 0.4) is 0 Å². The zero-order valence-electron chi connectivity index (χ0n) is 17.8. The van der Waals surface area contributed by atoms with E-state index in [-0.39, 0.29) is 30.8 Å². The SMILES string of the molecule is Cn1ccc(-c2ccc(CN3Cc4ccnc(OCc5ccccc5F)c4C3=O)c(F)c2)n1. The van der Waals surface area contributed by atoms with E-state index < -0.39 is 5.82 Å². The second kappa shape index (κ2) is 8.46. The summed E-state index contributed by atoms with van der Waals surface area (Å²) in [6, 6.07) is 14.7. The van der Waals surface area contributed by atoms with E-state index in [9.17, 15) is 13.6 Å². The topological polar surface area (TPSA) is 60.2 Å². The fourth-order valence-corrected chi connectivity index (χ4v) is 3.88.